The molecule has 1 atom stereocenters. The maximum absolute atomic E-state index is 11.4. The van der Waals surface area contributed by atoms with Crippen LogP contribution in [0.2, 0.25) is 0 Å². The fraction of sp³-hybridized carbons (Fsp3) is 0.667. The van der Waals surface area contributed by atoms with Crippen LogP contribution in [0.15, 0.2) is 0 Å². The lowest BCUT2D eigenvalue weighted by molar-refractivity contribution is -0.142. The molecule has 96 valence electrons. The number of alkyl carbamates (subject to hydrolysis) is 1. The van der Waals surface area contributed by atoms with Gasteiger partial charge in [0.1, 0.15) is 6.04 Å². The van der Waals surface area contributed by atoms with Crippen molar-refractivity contribution in [2.45, 2.75) is 6.04 Å². The smallest absolute Gasteiger partial charge is 0.413 e. The van der Waals surface area contributed by atoms with Crippen molar-refractivity contribution in [2.75, 3.05) is 31.7 Å². The molecule has 0 bridgehead atoms. The van der Waals surface area contributed by atoms with Gasteiger partial charge in [0.05, 0.1) is 13.7 Å². The predicted molar refractivity (Wildman–Crippen MR) is 60.9 cm³/mol. The van der Waals surface area contributed by atoms with Gasteiger partial charge < -0.3 is 9.84 Å². The van der Waals surface area contributed by atoms with Crippen LogP contribution in [0, 0.1) is 0 Å². The summed E-state index contributed by atoms with van der Waals surface area (Å²) in [6, 6.07) is -0.683. The van der Waals surface area contributed by atoms with Gasteiger partial charge in [0, 0.05) is 18.1 Å². The second kappa shape index (κ2) is 6.45. The molecule has 1 aliphatic heterocycles. The summed E-state index contributed by atoms with van der Waals surface area (Å²) in [4.78, 5) is 34.7. The molecule has 7 nitrogen and oxygen atoms in total. The highest BCUT2D eigenvalue weighted by Crippen LogP contribution is 2.16. The van der Waals surface area contributed by atoms with E-state index in [9.17, 15) is 14.4 Å². The quantitative estimate of drug-likeness (QED) is 0.699. The van der Waals surface area contributed by atoms with Crippen molar-refractivity contribution < 1.29 is 24.2 Å². The van der Waals surface area contributed by atoms with Crippen molar-refractivity contribution in [1.82, 2.24) is 10.2 Å². The lowest BCUT2D eigenvalue weighted by Gasteiger charge is -2.31. The first-order valence-corrected chi connectivity index (χ1v) is 6.12. The summed E-state index contributed by atoms with van der Waals surface area (Å²) in [6.07, 6.45) is -0.840. The van der Waals surface area contributed by atoms with Crippen LogP contribution in [0.25, 0.3) is 0 Å². The zero-order valence-electron chi connectivity index (χ0n) is 9.34. The average molecular weight is 262 g/mol. The Morgan fingerprint density at radius 1 is 1.53 bits per heavy atom. The second-order valence-electron chi connectivity index (χ2n) is 3.44. The molecule has 17 heavy (non-hydrogen) atoms. The number of carboxylic acids is 1. The van der Waals surface area contributed by atoms with Crippen LogP contribution in [0.4, 0.5) is 4.79 Å². The van der Waals surface area contributed by atoms with E-state index in [0.29, 0.717) is 12.3 Å². The monoisotopic (exact) mass is 262 g/mol. The first kappa shape index (κ1) is 13.8. The molecular formula is C9H14N2O5S. The summed E-state index contributed by atoms with van der Waals surface area (Å²) in [7, 11) is 1.15. The minimum absolute atomic E-state index is 0.118. The van der Waals surface area contributed by atoms with Crippen LogP contribution in [0.3, 0.4) is 0 Å². The van der Waals surface area contributed by atoms with Gasteiger partial charge in [0.25, 0.3) is 0 Å². The molecule has 1 heterocycles. The van der Waals surface area contributed by atoms with Crippen LogP contribution < -0.4 is 5.32 Å². The van der Waals surface area contributed by atoms with Gasteiger partial charge in [-0.2, -0.15) is 11.8 Å². The number of nitrogens with one attached hydrogen (secondary N) is 1. The van der Waals surface area contributed by atoms with Crippen molar-refractivity contribution in [3.8, 4) is 0 Å². The van der Waals surface area contributed by atoms with Crippen LogP contribution in [0.5, 0.6) is 0 Å². The second-order valence-corrected chi connectivity index (χ2v) is 4.59. The number of imide groups is 1. The Balaban J connectivity index is 2.50. The highest BCUT2D eigenvalue weighted by molar-refractivity contribution is 7.99. The summed E-state index contributed by atoms with van der Waals surface area (Å²) in [6.45, 7) is 0.392. The zero-order valence-corrected chi connectivity index (χ0v) is 10.2. The lowest BCUT2D eigenvalue weighted by Crippen LogP contribution is -2.51. The van der Waals surface area contributed by atoms with E-state index in [-0.39, 0.29) is 6.54 Å². The third kappa shape index (κ3) is 4.23. The predicted octanol–water partition coefficient (Wildman–Crippen LogP) is -0.629. The topological polar surface area (TPSA) is 95.9 Å². The molecule has 2 amide bonds. The maximum Gasteiger partial charge on any atom is 0.413 e. The Hall–Kier alpha value is -1.28. The molecule has 0 aromatic rings. The number of carbonyl (C=O) groups excluding carboxylic acids is 2. The SMILES string of the molecule is COC(=O)NC(=O)CN1CCSCC1C(=O)O. The first-order chi connectivity index (χ1) is 8.04. The van der Waals surface area contributed by atoms with Crippen LogP contribution >= 0.6 is 11.8 Å². The fourth-order valence-corrected chi connectivity index (χ4v) is 2.55. The Kier molecular flexibility index (Phi) is 5.23. The molecule has 0 aromatic carbocycles. The number of hydrogen-bond donors (Lipinski definition) is 2. The Morgan fingerprint density at radius 2 is 2.24 bits per heavy atom. The fourth-order valence-electron chi connectivity index (χ4n) is 1.44. The highest BCUT2D eigenvalue weighted by atomic mass is 32.2. The summed E-state index contributed by atoms with van der Waals surface area (Å²) in [5, 5.41) is 11.0. The number of rotatable bonds is 3. The minimum Gasteiger partial charge on any atom is -0.480 e. The molecule has 0 radical (unpaired) electrons. The Bertz CT molecular complexity index is 323. The molecule has 8 heteroatoms. The van der Waals surface area contributed by atoms with E-state index in [1.165, 1.54) is 16.7 Å². The Labute approximate surface area is 102 Å². The molecule has 2 N–H and O–H groups in total. The number of hydrogen-bond acceptors (Lipinski definition) is 6. The highest BCUT2D eigenvalue weighted by Gasteiger charge is 2.30. The zero-order chi connectivity index (χ0) is 12.8. The van der Waals surface area contributed by atoms with E-state index < -0.39 is 24.0 Å². The standard InChI is InChI=1S/C9H14N2O5S/c1-16-9(15)10-7(12)4-11-2-3-17-5-6(11)8(13)14/h6H,2-5H2,1H3,(H,13,14)(H,10,12,15). The molecule has 1 unspecified atom stereocenters. The number of carboxylic acid groups (broad SMARTS) is 1. The molecule has 0 aliphatic carbocycles. The first-order valence-electron chi connectivity index (χ1n) is 4.97. The molecule has 0 aromatic heterocycles. The number of amides is 2. The Morgan fingerprint density at radius 3 is 2.82 bits per heavy atom. The van der Waals surface area contributed by atoms with Gasteiger partial charge >= 0.3 is 12.1 Å². The molecule has 0 spiro atoms. The number of nitrogens with zero attached hydrogens (tertiary/aromatic N) is 1. The van der Waals surface area contributed by atoms with E-state index >= 15 is 0 Å². The number of methoxy groups -OCH3 is 1. The van der Waals surface area contributed by atoms with Crippen molar-refractivity contribution in [2.24, 2.45) is 0 Å². The number of aliphatic carboxylic acids is 1. The lowest BCUT2D eigenvalue weighted by atomic mass is 10.2. The van der Waals surface area contributed by atoms with Crippen molar-refractivity contribution in [3.63, 3.8) is 0 Å². The normalized spacial score (nSPS) is 20.6. The molecule has 1 saturated heterocycles. The summed E-state index contributed by atoms with van der Waals surface area (Å²) in [5.74, 6) is -0.297. The van der Waals surface area contributed by atoms with E-state index in [2.05, 4.69) is 4.74 Å². The van der Waals surface area contributed by atoms with Gasteiger partial charge in [-0.15, -0.1) is 0 Å². The summed E-state index contributed by atoms with van der Waals surface area (Å²) >= 11 is 1.53. The summed E-state index contributed by atoms with van der Waals surface area (Å²) in [5.41, 5.74) is 0. The van der Waals surface area contributed by atoms with Gasteiger partial charge in [0.2, 0.25) is 5.91 Å². The third-order valence-electron chi connectivity index (χ3n) is 2.30. The van der Waals surface area contributed by atoms with Gasteiger partial charge in [-0.05, 0) is 0 Å². The van der Waals surface area contributed by atoms with E-state index in [1.54, 1.807) is 0 Å². The average Bonchev–Trinajstić information content (AvgIpc) is 2.29. The van der Waals surface area contributed by atoms with Gasteiger partial charge in [-0.1, -0.05) is 0 Å². The van der Waals surface area contributed by atoms with Crippen molar-refractivity contribution >= 4 is 29.7 Å². The van der Waals surface area contributed by atoms with Crippen LogP contribution in [-0.4, -0.2) is 65.7 Å². The van der Waals surface area contributed by atoms with E-state index in [4.69, 9.17) is 5.11 Å². The minimum atomic E-state index is -0.955. The molecule has 1 fully saturated rings. The van der Waals surface area contributed by atoms with Crippen molar-refractivity contribution in [1.29, 1.82) is 0 Å². The number of thioether (sulfide) groups is 1. The molecule has 0 saturated carbocycles. The van der Waals surface area contributed by atoms with Crippen molar-refractivity contribution in [3.05, 3.63) is 0 Å². The molecule has 1 aliphatic rings. The number of ether oxygens (including phenoxy) is 1. The van der Waals surface area contributed by atoms with Gasteiger partial charge in [-0.25, -0.2) is 4.79 Å². The maximum atomic E-state index is 11.4. The molecule has 1 rings (SSSR count). The summed E-state index contributed by atoms with van der Waals surface area (Å²) < 4.78 is 4.27. The van der Waals surface area contributed by atoms with E-state index in [1.807, 2.05) is 5.32 Å². The largest absolute Gasteiger partial charge is 0.480 e. The van der Waals surface area contributed by atoms with Crippen LogP contribution in [-0.2, 0) is 14.3 Å². The van der Waals surface area contributed by atoms with Crippen LogP contribution in [0.1, 0.15) is 0 Å². The molecular weight excluding hydrogens is 248 g/mol. The number of carbonyl (C=O) groups is 3. The third-order valence-corrected chi connectivity index (χ3v) is 3.32. The van der Waals surface area contributed by atoms with Gasteiger partial charge in [0.15, 0.2) is 0 Å². The van der Waals surface area contributed by atoms with Gasteiger partial charge in [-0.3, -0.25) is 19.8 Å². The van der Waals surface area contributed by atoms with E-state index in [0.717, 1.165) is 12.9 Å².